The third-order valence-electron chi connectivity index (χ3n) is 2.98. The fourth-order valence-corrected chi connectivity index (χ4v) is 2.73. The smallest absolute Gasteiger partial charge is 0.269 e. The van der Waals surface area contributed by atoms with Gasteiger partial charge in [-0.1, -0.05) is 40.9 Å². The summed E-state index contributed by atoms with van der Waals surface area (Å²) in [6.07, 6.45) is 0. The summed E-state index contributed by atoms with van der Waals surface area (Å²) in [6, 6.07) is 8.20. The Bertz CT molecular complexity index is 697. The summed E-state index contributed by atoms with van der Waals surface area (Å²) in [5.41, 5.74) is 6.98. The van der Waals surface area contributed by atoms with Crippen LogP contribution in [0.15, 0.2) is 30.3 Å². The molecule has 0 aliphatic rings. The van der Waals surface area contributed by atoms with Gasteiger partial charge in [0.2, 0.25) is 0 Å². The predicted molar refractivity (Wildman–Crippen MR) is 90.3 cm³/mol. The number of rotatable bonds is 4. The molecule has 0 saturated carbocycles. The minimum atomic E-state index is -0.347. The summed E-state index contributed by atoms with van der Waals surface area (Å²) in [7, 11) is 1.55. The van der Waals surface area contributed by atoms with Gasteiger partial charge in [0.1, 0.15) is 5.75 Å². The second-order valence-corrected chi connectivity index (χ2v) is 5.76. The Kier molecular flexibility index (Phi) is 5.40. The number of methoxy groups -OCH3 is 1. The van der Waals surface area contributed by atoms with Crippen LogP contribution in [-0.2, 0) is 0 Å². The lowest BCUT2D eigenvalue weighted by Crippen LogP contribution is -2.29. The molecule has 0 aliphatic heterocycles. The summed E-state index contributed by atoms with van der Waals surface area (Å²) in [5.74, 6) is 0.288. The molecule has 22 heavy (non-hydrogen) atoms. The summed E-state index contributed by atoms with van der Waals surface area (Å²) < 4.78 is 5.19. The lowest BCUT2D eigenvalue weighted by molar-refractivity contribution is 0.0962. The molecule has 2 aromatic rings. The monoisotopic (exact) mass is 358 g/mol. The molecule has 0 heterocycles. The molecule has 0 spiro atoms. The van der Waals surface area contributed by atoms with E-state index >= 15 is 0 Å². The van der Waals surface area contributed by atoms with Crippen molar-refractivity contribution in [2.75, 3.05) is 12.5 Å². The number of hydrazine groups is 1. The molecule has 2 N–H and O–H groups in total. The Hall–Kier alpha value is -1.62. The number of anilines is 1. The van der Waals surface area contributed by atoms with Gasteiger partial charge in [-0.05, 0) is 36.8 Å². The first-order chi connectivity index (χ1) is 10.4. The third-order valence-corrected chi connectivity index (χ3v) is 3.79. The van der Waals surface area contributed by atoms with Crippen LogP contribution in [0.3, 0.4) is 0 Å². The van der Waals surface area contributed by atoms with Crippen LogP contribution < -0.4 is 15.6 Å². The average molecular weight is 360 g/mol. The molecule has 0 saturated heterocycles. The number of amides is 1. The van der Waals surface area contributed by atoms with Gasteiger partial charge in [0, 0.05) is 10.6 Å². The highest BCUT2D eigenvalue weighted by atomic mass is 35.5. The summed E-state index contributed by atoms with van der Waals surface area (Å²) in [6.45, 7) is 1.89. The zero-order valence-corrected chi connectivity index (χ0v) is 14.1. The largest absolute Gasteiger partial charge is 0.496 e. The summed E-state index contributed by atoms with van der Waals surface area (Å²) in [5, 5.41) is 1.02. The molecule has 116 valence electrons. The minimum Gasteiger partial charge on any atom is -0.496 e. The van der Waals surface area contributed by atoms with Crippen molar-refractivity contribution in [3.8, 4) is 5.75 Å². The number of benzene rings is 2. The second kappa shape index (κ2) is 7.09. The van der Waals surface area contributed by atoms with Gasteiger partial charge in [0.25, 0.3) is 5.91 Å². The van der Waals surface area contributed by atoms with Crippen LogP contribution in [0.5, 0.6) is 5.75 Å². The van der Waals surface area contributed by atoms with Crippen LogP contribution in [0, 0.1) is 6.92 Å². The van der Waals surface area contributed by atoms with E-state index < -0.39 is 0 Å². The SMILES string of the molecule is COc1cc(C(=O)NNc2c(Cl)cc(Cl)cc2Cl)ccc1C. The van der Waals surface area contributed by atoms with Crippen LogP contribution >= 0.6 is 34.8 Å². The molecular weight excluding hydrogens is 347 g/mol. The van der Waals surface area contributed by atoms with Gasteiger partial charge in [-0.15, -0.1) is 0 Å². The van der Waals surface area contributed by atoms with Gasteiger partial charge in [-0.25, -0.2) is 0 Å². The molecule has 7 heteroatoms. The van der Waals surface area contributed by atoms with Gasteiger partial charge in [-0.3, -0.25) is 15.6 Å². The van der Waals surface area contributed by atoms with E-state index in [-0.39, 0.29) is 5.91 Å². The van der Waals surface area contributed by atoms with E-state index in [0.717, 1.165) is 5.56 Å². The topological polar surface area (TPSA) is 50.4 Å². The summed E-state index contributed by atoms with van der Waals surface area (Å²) in [4.78, 5) is 12.1. The molecule has 0 unspecified atom stereocenters. The number of aryl methyl sites for hydroxylation is 1. The Morgan fingerprint density at radius 1 is 1.09 bits per heavy atom. The van der Waals surface area contributed by atoms with Gasteiger partial charge < -0.3 is 4.74 Å². The second-order valence-electron chi connectivity index (χ2n) is 4.51. The minimum absolute atomic E-state index is 0.305. The molecule has 2 aromatic carbocycles. The molecule has 4 nitrogen and oxygen atoms in total. The molecule has 0 atom stereocenters. The van der Waals surface area contributed by atoms with Crippen LogP contribution in [0.25, 0.3) is 0 Å². The van der Waals surface area contributed by atoms with Crippen molar-refractivity contribution < 1.29 is 9.53 Å². The number of nitrogens with one attached hydrogen (secondary N) is 2. The van der Waals surface area contributed by atoms with Gasteiger partial charge >= 0.3 is 0 Å². The van der Waals surface area contributed by atoms with Crippen LogP contribution in [0.2, 0.25) is 15.1 Å². The molecular formula is C15H13Cl3N2O2. The van der Waals surface area contributed by atoms with Crippen LogP contribution in [0.4, 0.5) is 5.69 Å². The highest BCUT2D eigenvalue weighted by molar-refractivity contribution is 6.41. The fourth-order valence-electron chi connectivity index (χ4n) is 1.81. The summed E-state index contributed by atoms with van der Waals surface area (Å²) >= 11 is 17.9. The van der Waals surface area contributed by atoms with Gasteiger partial charge in [0.05, 0.1) is 22.8 Å². The molecule has 0 radical (unpaired) electrons. The van der Waals surface area contributed by atoms with Crippen molar-refractivity contribution in [3.05, 3.63) is 56.5 Å². The Morgan fingerprint density at radius 2 is 1.73 bits per heavy atom. The van der Waals surface area contributed by atoms with Crippen LogP contribution in [-0.4, -0.2) is 13.0 Å². The first kappa shape index (κ1) is 16.7. The first-order valence-electron chi connectivity index (χ1n) is 6.28. The lowest BCUT2D eigenvalue weighted by Gasteiger charge is -2.13. The highest BCUT2D eigenvalue weighted by Gasteiger charge is 2.11. The van der Waals surface area contributed by atoms with E-state index in [9.17, 15) is 4.79 Å². The van der Waals surface area contributed by atoms with Crippen molar-refractivity contribution in [1.82, 2.24) is 5.43 Å². The van der Waals surface area contributed by atoms with E-state index in [4.69, 9.17) is 39.5 Å². The van der Waals surface area contributed by atoms with E-state index in [2.05, 4.69) is 10.9 Å². The van der Waals surface area contributed by atoms with Crippen molar-refractivity contribution in [3.63, 3.8) is 0 Å². The molecule has 0 aliphatic carbocycles. The van der Waals surface area contributed by atoms with Crippen molar-refractivity contribution in [2.24, 2.45) is 0 Å². The highest BCUT2D eigenvalue weighted by Crippen LogP contribution is 2.33. The molecule has 1 amide bonds. The molecule has 0 aromatic heterocycles. The van der Waals surface area contributed by atoms with Crippen molar-refractivity contribution in [2.45, 2.75) is 6.92 Å². The number of ether oxygens (including phenoxy) is 1. The van der Waals surface area contributed by atoms with Crippen molar-refractivity contribution >= 4 is 46.4 Å². The fraction of sp³-hybridized carbons (Fsp3) is 0.133. The number of carbonyl (C=O) groups excluding carboxylic acids is 1. The lowest BCUT2D eigenvalue weighted by atomic mass is 10.1. The molecule has 0 fully saturated rings. The van der Waals surface area contributed by atoms with Crippen molar-refractivity contribution in [1.29, 1.82) is 0 Å². The van der Waals surface area contributed by atoms with Gasteiger partial charge in [0.15, 0.2) is 0 Å². The Morgan fingerprint density at radius 3 is 2.32 bits per heavy atom. The van der Waals surface area contributed by atoms with E-state index in [1.807, 2.05) is 6.92 Å². The normalized spacial score (nSPS) is 10.2. The average Bonchev–Trinajstić information content (AvgIpc) is 2.46. The van der Waals surface area contributed by atoms with Gasteiger partial charge in [-0.2, -0.15) is 0 Å². The standard InChI is InChI=1S/C15H13Cl3N2O2/c1-8-3-4-9(5-13(8)22-2)15(21)20-19-14-11(17)6-10(16)7-12(14)18/h3-7,19H,1-2H3,(H,20,21). The number of hydrogen-bond acceptors (Lipinski definition) is 3. The predicted octanol–water partition coefficient (Wildman–Crippen LogP) is 4.72. The first-order valence-corrected chi connectivity index (χ1v) is 7.41. The zero-order chi connectivity index (χ0) is 16.3. The zero-order valence-electron chi connectivity index (χ0n) is 11.8. The molecule has 2 rings (SSSR count). The maximum atomic E-state index is 12.1. The van der Waals surface area contributed by atoms with E-state index in [0.29, 0.717) is 32.1 Å². The van der Waals surface area contributed by atoms with Crippen LogP contribution in [0.1, 0.15) is 15.9 Å². The Labute approximate surface area is 143 Å². The number of hydrogen-bond donors (Lipinski definition) is 2. The Balaban J connectivity index is 2.14. The third kappa shape index (κ3) is 3.77. The number of halogens is 3. The van der Waals surface area contributed by atoms with E-state index in [1.54, 1.807) is 25.3 Å². The maximum Gasteiger partial charge on any atom is 0.269 e. The number of carbonyl (C=O) groups is 1. The maximum absolute atomic E-state index is 12.1. The quantitative estimate of drug-likeness (QED) is 0.777. The van der Waals surface area contributed by atoms with E-state index in [1.165, 1.54) is 12.1 Å². The molecule has 0 bridgehead atoms.